The summed E-state index contributed by atoms with van der Waals surface area (Å²) >= 11 is 0. The van der Waals surface area contributed by atoms with Crippen LogP contribution in [0, 0.1) is 0 Å². The van der Waals surface area contributed by atoms with Gasteiger partial charge in [-0.3, -0.25) is 9.59 Å². The van der Waals surface area contributed by atoms with Gasteiger partial charge in [-0.2, -0.15) is 0 Å². The van der Waals surface area contributed by atoms with Gasteiger partial charge in [-0.15, -0.1) is 0 Å². The van der Waals surface area contributed by atoms with E-state index >= 15 is 0 Å². The zero-order valence-corrected chi connectivity index (χ0v) is 40.9. The van der Waals surface area contributed by atoms with Crippen LogP contribution >= 0.6 is 0 Å². The van der Waals surface area contributed by atoms with Gasteiger partial charge in [-0.05, 0) is 57.8 Å². The maximum absolute atomic E-state index is 12.4. The van der Waals surface area contributed by atoms with Crippen molar-refractivity contribution in [2.75, 3.05) is 13.2 Å². The average molecular weight is 860 g/mol. The van der Waals surface area contributed by atoms with Crippen LogP contribution in [0.1, 0.15) is 290 Å². The second kappa shape index (κ2) is 51.0. The highest BCUT2D eigenvalue weighted by atomic mass is 16.5. The predicted octanol–water partition coefficient (Wildman–Crippen LogP) is 16.3. The first kappa shape index (κ1) is 59.3. The number of ether oxygens (including phenoxy) is 1. The lowest BCUT2D eigenvalue weighted by Crippen LogP contribution is -2.45. The van der Waals surface area contributed by atoms with Gasteiger partial charge in [0.05, 0.1) is 25.4 Å². The fourth-order valence-corrected chi connectivity index (χ4v) is 8.27. The summed E-state index contributed by atoms with van der Waals surface area (Å²) in [4.78, 5) is 24.5. The van der Waals surface area contributed by atoms with Crippen LogP contribution in [0.2, 0.25) is 0 Å². The number of nitrogens with one attached hydrogen (secondary N) is 1. The number of carbonyl (C=O) groups excluding carboxylic acids is 2. The van der Waals surface area contributed by atoms with Crippen LogP contribution in [0.4, 0.5) is 0 Å². The molecule has 2 atom stereocenters. The Bertz CT molecular complexity index is 951. The molecule has 0 spiro atoms. The Balaban J connectivity index is 3.52. The molecule has 0 saturated carbocycles. The molecular weight excluding hydrogens is 755 g/mol. The maximum Gasteiger partial charge on any atom is 0.305 e. The van der Waals surface area contributed by atoms with Crippen LogP contribution in [0.15, 0.2) is 24.3 Å². The summed E-state index contributed by atoms with van der Waals surface area (Å²) in [5.41, 5.74) is 0. The summed E-state index contributed by atoms with van der Waals surface area (Å²) in [7, 11) is 0. The second-order valence-corrected chi connectivity index (χ2v) is 18.6. The van der Waals surface area contributed by atoms with E-state index in [2.05, 4.69) is 31.3 Å². The van der Waals surface area contributed by atoms with Gasteiger partial charge in [0.25, 0.3) is 0 Å². The van der Waals surface area contributed by atoms with E-state index < -0.39 is 12.1 Å². The van der Waals surface area contributed by atoms with Gasteiger partial charge < -0.3 is 20.3 Å². The highest BCUT2D eigenvalue weighted by Gasteiger charge is 2.18. The molecule has 0 heterocycles. The van der Waals surface area contributed by atoms with Crippen molar-refractivity contribution in [2.24, 2.45) is 0 Å². The van der Waals surface area contributed by atoms with Gasteiger partial charge in [-0.25, -0.2) is 0 Å². The topological polar surface area (TPSA) is 95.9 Å². The third-order valence-corrected chi connectivity index (χ3v) is 12.5. The Labute approximate surface area is 380 Å². The van der Waals surface area contributed by atoms with Crippen molar-refractivity contribution in [3.63, 3.8) is 0 Å². The Kier molecular flexibility index (Phi) is 49.6. The zero-order valence-electron chi connectivity index (χ0n) is 40.9. The summed E-state index contributed by atoms with van der Waals surface area (Å²) < 4.78 is 5.46. The zero-order chi connectivity index (χ0) is 44.4. The molecule has 0 aromatic rings. The summed E-state index contributed by atoms with van der Waals surface area (Å²) in [5.74, 6) is -0.108. The molecule has 0 aromatic carbocycles. The highest BCUT2D eigenvalue weighted by Crippen LogP contribution is 2.16. The molecule has 0 aromatic heterocycles. The number of carbonyl (C=O) groups is 2. The van der Waals surface area contributed by atoms with Crippen molar-refractivity contribution in [3.8, 4) is 0 Å². The van der Waals surface area contributed by atoms with Gasteiger partial charge in [0.1, 0.15) is 0 Å². The van der Waals surface area contributed by atoms with Gasteiger partial charge in [-0.1, -0.05) is 244 Å². The molecule has 0 bridgehead atoms. The van der Waals surface area contributed by atoms with E-state index in [-0.39, 0.29) is 18.5 Å². The second-order valence-electron chi connectivity index (χ2n) is 18.6. The first-order valence-electron chi connectivity index (χ1n) is 27.1. The SMILES string of the molecule is CCCCCCCCCCCCCCCC/C=C/C(O)C(CO)NC(=O)CCCCC/C=C\CCCCCCCCOC(=O)CCCCCCCCCCCCCCCCC. The number of unbranched alkanes of at least 4 members (excludes halogenated alkanes) is 37. The summed E-state index contributed by atoms with van der Waals surface area (Å²) in [6.07, 6.45) is 60.4. The normalized spacial score (nSPS) is 12.8. The number of aliphatic hydroxyl groups excluding tert-OH is 2. The molecule has 0 rings (SSSR count). The van der Waals surface area contributed by atoms with E-state index in [0.717, 1.165) is 70.6 Å². The van der Waals surface area contributed by atoms with Crippen molar-refractivity contribution >= 4 is 11.9 Å². The molecule has 3 N–H and O–H groups in total. The first-order chi connectivity index (χ1) is 30.0. The number of hydrogen-bond acceptors (Lipinski definition) is 5. The van der Waals surface area contributed by atoms with Crippen molar-refractivity contribution in [1.82, 2.24) is 5.32 Å². The van der Waals surface area contributed by atoms with Crippen molar-refractivity contribution < 1.29 is 24.5 Å². The Morgan fingerprint density at radius 3 is 1.18 bits per heavy atom. The minimum Gasteiger partial charge on any atom is -0.466 e. The fraction of sp³-hybridized carbons (Fsp3) is 0.891. The largest absolute Gasteiger partial charge is 0.466 e. The molecule has 61 heavy (non-hydrogen) atoms. The number of hydrogen-bond donors (Lipinski definition) is 3. The molecule has 6 nitrogen and oxygen atoms in total. The number of allylic oxidation sites excluding steroid dienone is 3. The van der Waals surface area contributed by atoms with E-state index in [1.807, 2.05) is 6.08 Å². The third kappa shape index (κ3) is 47.7. The van der Waals surface area contributed by atoms with E-state index in [1.165, 1.54) is 193 Å². The smallest absolute Gasteiger partial charge is 0.305 e. The van der Waals surface area contributed by atoms with Crippen molar-refractivity contribution in [3.05, 3.63) is 24.3 Å². The lowest BCUT2D eigenvalue weighted by molar-refractivity contribution is -0.143. The molecule has 6 heteroatoms. The van der Waals surface area contributed by atoms with Crippen LogP contribution in [0.3, 0.4) is 0 Å². The minimum absolute atomic E-state index is 0.0112. The van der Waals surface area contributed by atoms with E-state index in [9.17, 15) is 19.8 Å². The molecule has 360 valence electrons. The van der Waals surface area contributed by atoms with E-state index in [4.69, 9.17) is 4.74 Å². The predicted molar refractivity (Wildman–Crippen MR) is 264 cm³/mol. The highest BCUT2D eigenvalue weighted by molar-refractivity contribution is 5.76. The molecular formula is C55H105NO5. The van der Waals surface area contributed by atoms with Gasteiger partial charge in [0.15, 0.2) is 0 Å². The van der Waals surface area contributed by atoms with E-state index in [1.54, 1.807) is 6.08 Å². The lowest BCUT2D eigenvalue weighted by atomic mass is 10.0. The van der Waals surface area contributed by atoms with Crippen molar-refractivity contribution in [2.45, 2.75) is 302 Å². The molecule has 0 aliphatic rings. The minimum atomic E-state index is -0.861. The summed E-state index contributed by atoms with van der Waals surface area (Å²) in [6, 6.07) is -0.647. The van der Waals surface area contributed by atoms with E-state index in [0.29, 0.717) is 19.4 Å². The van der Waals surface area contributed by atoms with Gasteiger partial charge >= 0.3 is 5.97 Å². The first-order valence-corrected chi connectivity index (χ1v) is 27.1. The monoisotopic (exact) mass is 860 g/mol. The molecule has 0 aliphatic carbocycles. The average Bonchev–Trinajstić information content (AvgIpc) is 3.26. The number of amides is 1. The quantitative estimate of drug-likeness (QED) is 0.0322. The Morgan fingerprint density at radius 1 is 0.443 bits per heavy atom. The van der Waals surface area contributed by atoms with Gasteiger partial charge in [0.2, 0.25) is 5.91 Å². The molecule has 0 saturated heterocycles. The molecule has 1 amide bonds. The summed E-state index contributed by atoms with van der Waals surface area (Å²) in [5, 5.41) is 23.1. The summed E-state index contributed by atoms with van der Waals surface area (Å²) in [6.45, 7) is 4.87. The Morgan fingerprint density at radius 2 is 0.770 bits per heavy atom. The molecule has 0 fully saturated rings. The van der Waals surface area contributed by atoms with Crippen molar-refractivity contribution in [1.29, 1.82) is 0 Å². The van der Waals surface area contributed by atoms with Crippen LogP contribution < -0.4 is 5.32 Å². The number of rotatable bonds is 50. The fourth-order valence-electron chi connectivity index (χ4n) is 8.27. The van der Waals surface area contributed by atoms with Crippen LogP contribution in [-0.4, -0.2) is 47.4 Å². The molecule has 2 unspecified atom stereocenters. The van der Waals surface area contributed by atoms with Crippen LogP contribution in [-0.2, 0) is 14.3 Å². The van der Waals surface area contributed by atoms with Crippen LogP contribution in [0.25, 0.3) is 0 Å². The third-order valence-electron chi connectivity index (χ3n) is 12.5. The molecule has 0 aliphatic heterocycles. The van der Waals surface area contributed by atoms with Gasteiger partial charge in [0, 0.05) is 12.8 Å². The van der Waals surface area contributed by atoms with Crippen LogP contribution in [0.5, 0.6) is 0 Å². The Hall–Kier alpha value is -1.66. The number of esters is 1. The maximum atomic E-state index is 12.4. The number of aliphatic hydroxyl groups is 2. The lowest BCUT2D eigenvalue weighted by Gasteiger charge is -2.19. The standard InChI is InChI=1S/C55H105NO5/c1-3-5-7-9-11-13-15-17-19-21-23-27-31-35-39-43-47-53(58)52(51-57)56-54(59)48-44-40-36-32-28-24-22-26-30-34-38-42-46-50-61-55(60)49-45-41-37-33-29-25-20-18-16-14-12-10-8-6-4-2/h24,28,43,47,52-53,57-58H,3-23,25-27,29-42,44-46,48-51H2,1-2H3,(H,56,59)/b28-24-,47-43+. The molecule has 0 radical (unpaired) electrons.